The molecule has 0 aliphatic rings. The minimum atomic E-state index is -0.168. The van der Waals surface area contributed by atoms with Gasteiger partial charge < -0.3 is 14.6 Å². The van der Waals surface area contributed by atoms with Crippen molar-refractivity contribution in [2.45, 2.75) is 0 Å². The van der Waals surface area contributed by atoms with E-state index in [2.05, 4.69) is 0 Å². The first-order valence-electron chi connectivity index (χ1n) is 3.63. The molecule has 0 saturated heterocycles. The molecule has 4 heteroatoms. The zero-order valence-corrected chi connectivity index (χ0v) is 7.40. The molecule has 1 rings (SSSR count). The van der Waals surface area contributed by atoms with Crippen molar-refractivity contribution >= 4 is 6.29 Å². The molecule has 0 atom stereocenters. The SMILES string of the molecule is COc1cc(C=O)c(O)c(OC)c1. The Morgan fingerprint density at radius 1 is 1.31 bits per heavy atom. The fraction of sp³-hybridized carbons (Fsp3) is 0.222. The molecule has 0 aliphatic heterocycles. The van der Waals surface area contributed by atoms with Crippen LogP contribution in [0.2, 0.25) is 0 Å². The summed E-state index contributed by atoms with van der Waals surface area (Å²) < 4.78 is 9.75. The van der Waals surface area contributed by atoms with Crippen LogP contribution in [0, 0.1) is 0 Å². The number of carbonyl (C=O) groups is 1. The molecule has 1 aromatic carbocycles. The minimum absolute atomic E-state index is 0.149. The van der Waals surface area contributed by atoms with Crippen LogP contribution in [-0.4, -0.2) is 25.6 Å². The van der Waals surface area contributed by atoms with Gasteiger partial charge in [-0.1, -0.05) is 0 Å². The molecule has 1 aromatic rings. The zero-order chi connectivity index (χ0) is 9.84. The summed E-state index contributed by atoms with van der Waals surface area (Å²) >= 11 is 0. The maximum absolute atomic E-state index is 10.5. The van der Waals surface area contributed by atoms with Gasteiger partial charge in [-0.15, -0.1) is 0 Å². The molecule has 0 amide bonds. The van der Waals surface area contributed by atoms with E-state index in [1.165, 1.54) is 26.4 Å². The van der Waals surface area contributed by atoms with Gasteiger partial charge in [0.15, 0.2) is 17.8 Å². The Labute approximate surface area is 75.7 Å². The number of benzene rings is 1. The molecule has 0 heterocycles. The van der Waals surface area contributed by atoms with Gasteiger partial charge in [-0.3, -0.25) is 4.79 Å². The molecule has 0 aliphatic carbocycles. The van der Waals surface area contributed by atoms with Gasteiger partial charge in [0, 0.05) is 6.07 Å². The average Bonchev–Trinajstić information content (AvgIpc) is 2.18. The number of ether oxygens (including phenoxy) is 2. The van der Waals surface area contributed by atoms with Crippen LogP contribution in [0.1, 0.15) is 10.4 Å². The predicted octanol–water partition coefficient (Wildman–Crippen LogP) is 1.22. The minimum Gasteiger partial charge on any atom is -0.504 e. The summed E-state index contributed by atoms with van der Waals surface area (Å²) in [5, 5.41) is 9.40. The molecule has 0 radical (unpaired) electrons. The van der Waals surface area contributed by atoms with E-state index in [1.807, 2.05) is 0 Å². The lowest BCUT2D eigenvalue weighted by molar-refractivity contribution is 0.112. The maximum Gasteiger partial charge on any atom is 0.168 e. The smallest absolute Gasteiger partial charge is 0.168 e. The fourth-order valence-electron chi connectivity index (χ4n) is 0.966. The number of aromatic hydroxyl groups is 1. The third-order valence-electron chi connectivity index (χ3n) is 1.66. The maximum atomic E-state index is 10.5. The number of hydrogen-bond acceptors (Lipinski definition) is 4. The normalized spacial score (nSPS) is 9.38. The van der Waals surface area contributed by atoms with Gasteiger partial charge in [-0.25, -0.2) is 0 Å². The van der Waals surface area contributed by atoms with Crippen molar-refractivity contribution in [2.75, 3.05) is 14.2 Å². The molecule has 0 saturated carbocycles. The second-order valence-electron chi connectivity index (χ2n) is 2.39. The highest BCUT2D eigenvalue weighted by Gasteiger charge is 2.09. The second kappa shape index (κ2) is 3.80. The Morgan fingerprint density at radius 2 is 2.00 bits per heavy atom. The lowest BCUT2D eigenvalue weighted by Crippen LogP contribution is -1.91. The summed E-state index contributed by atoms with van der Waals surface area (Å²) in [5.74, 6) is 0.525. The number of carbonyl (C=O) groups excluding carboxylic acids is 1. The number of phenolic OH excluding ortho intramolecular Hbond substituents is 1. The molecule has 1 N–H and O–H groups in total. The van der Waals surface area contributed by atoms with E-state index in [0.717, 1.165) is 0 Å². The van der Waals surface area contributed by atoms with Gasteiger partial charge in [0.2, 0.25) is 0 Å². The van der Waals surface area contributed by atoms with Crippen molar-refractivity contribution in [3.05, 3.63) is 17.7 Å². The second-order valence-corrected chi connectivity index (χ2v) is 2.39. The van der Waals surface area contributed by atoms with Gasteiger partial charge in [0.05, 0.1) is 19.8 Å². The molecule has 0 spiro atoms. The third kappa shape index (κ3) is 1.72. The first-order valence-corrected chi connectivity index (χ1v) is 3.63. The Kier molecular flexibility index (Phi) is 2.74. The van der Waals surface area contributed by atoms with E-state index in [1.54, 1.807) is 0 Å². The van der Waals surface area contributed by atoms with Crippen molar-refractivity contribution < 1.29 is 19.4 Å². The highest BCUT2D eigenvalue weighted by atomic mass is 16.5. The van der Waals surface area contributed by atoms with Crippen LogP contribution in [-0.2, 0) is 0 Å². The van der Waals surface area contributed by atoms with Crippen LogP contribution in [0.15, 0.2) is 12.1 Å². The monoisotopic (exact) mass is 182 g/mol. The van der Waals surface area contributed by atoms with E-state index in [9.17, 15) is 9.90 Å². The summed E-state index contributed by atoms with van der Waals surface area (Å²) in [4.78, 5) is 10.5. The molecule has 4 nitrogen and oxygen atoms in total. The number of phenols is 1. The van der Waals surface area contributed by atoms with Crippen LogP contribution in [0.4, 0.5) is 0 Å². The van der Waals surface area contributed by atoms with E-state index in [-0.39, 0.29) is 17.1 Å². The van der Waals surface area contributed by atoms with E-state index >= 15 is 0 Å². The summed E-state index contributed by atoms with van der Waals surface area (Å²) in [6.07, 6.45) is 0.542. The van der Waals surface area contributed by atoms with Crippen molar-refractivity contribution in [1.82, 2.24) is 0 Å². The molecule has 0 aromatic heterocycles. The summed E-state index contributed by atoms with van der Waals surface area (Å²) in [6.45, 7) is 0. The Hall–Kier alpha value is -1.71. The molecule has 0 fully saturated rings. The Bertz CT molecular complexity index is 320. The van der Waals surface area contributed by atoms with E-state index < -0.39 is 0 Å². The lowest BCUT2D eigenvalue weighted by atomic mass is 10.2. The third-order valence-corrected chi connectivity index (χ3v) is 1.66. The highest BCUT2D eigenvalue weighted by Crippen LogP contribution is 2.33. The highest BCUT2D eigenvalue weighted by molar-refractivity contribution is 5.82. The number of aldehydes is 1. The number of hydrogen-bond donors (Lipinski definition) is 1. The van der Waals surface area contributed by atoms with Crippen LogP contribution >= 0.6 is 0 Å². The van der Waals surface area contributed by atoms with Gasteiger partial charge in [-0.2, -0.15) is 0 Å². The van der Waals surface area contributed by atoms with Gasteiger partial charge >= 0.3 is 0 Å². The summed E-state index contributed by atoms with van der Waals surface area (Å²) in [6, 6.07) is 2.94. The number of methoxy groups -OCH3 is 2. The first kappa shape index (κ1) is 9.38. The average molecular weight is 182 g/mol. The summed E-state index contributed by atoms with van der Waals surface area (Å²) in [5.41, 5.74) is 0.149. The van der Waals surface area contributed by atoms with Crippen LogP contribution in [0.25, 0.3) is 0 Å². The largest absolute Gasteiger partial charge is 0.504 e. The van der Waals surface area contributed by atoms with Crippen LogP contribution in [0.5, 0.6) is 17.2 Å². The Balaban J connectivity index is 3.28. The van der Waals surface area contributed by atoms with Gasteiger partial charge in [0.1, 0.15) is 5.75 Å². The molecule has 0 unspecified atom stereocenters. The van der Waals surface area contributed by atoms with Crippen molar-refractivity contribution in [3.8, 4) is 17.2 Å². The van der Waals surface area contributed by atoms with E-state index in [4.69, 9.17) is 9.47 Å². The van der Waals surface area contributed by atoms with Crippen molar-refractivity contribution in [1.29, 1.82) is 0 Å². The molecule has 13 heavy (non-hydrogen) atoms. The topological polar surface area (TPSA) is 55.8 Å². The van der Waals surface area contributed by atoms with Crippen LogP contribution < -0.4 is 9.47 Å². The first-order chi connectivity index (χ1) is 6.22. The predicted molar refractivity (Wildman–Crippen MR) is 46.6 cm³/mol. The fourth-order valence-corrected chi connectivity index (χ4v) is 0.966. The zero-order valence-electron chi connectivity index (χ0n) is 7.40. The standard InChI is InChI=1S/C9H10O4/c1-12-7-3-6(5-10)9(11)8(4-7)13-2/h3-5,11H,1-2H3. The van der Waals surface area contributed by atoms with Gasteiger partial charge in [0.25, 0.3) is 0 Å². The molecular weight excluding hydrogens is 172 g/mol. The van der Waals surface area contributed by atoms with Crippen LogP contribution in [0.3, 0.4) is 0 Å². The van der Waals surface area contributed by atoms with Crippen molar-refractivity contribution in [3.63, 3.8) is 0 Å². The molecule has 70 valence electrons. The summed E-state index contributed by atoms with van der Waals surface area (Å²) in [7, 11) is 2.88. The van der Waals surface area contributed by atoms with E-state index in [0.29, 0.717) is 12.0 Å². The lowest BCUT2D eigenvalue weighted by Gasteiger charge is -2.07. The van der Waals surface area contributed by atoms with Gasteiger partial charge in [-0.05, 0) is 6.07 Å². The number of rotatable bonds is 3. The van der Waals surface area contributed by atoms with Crippen molar-refractivity contribution in [2.24, 2.45) is 0 Å². The Morgan fingerprint density at radius 3 is 2.46 bits per heavy atom. The quantitative estimate of drug-likeness (QED) is 0.714. The molecule has 0 bridgehead atoms. The molecular formula is C9H10O4.